The topological polar surface area (TPSA) is 72.7 Å². The average Bonchev–Trinajstić information content (AvgIpc) is 3.10. The summed E-state index contributed by atoms with van der Waals surface area (Å²) in [5, 5.41) is 15.6. The van der Waals surface area contributed by atoms with E-state index in [2.05, 4.69) is 34.6 Å². The second kappa shape index (κ2) is 8.10. The quantitative estimate of drug-likeness (QED) is 0.708. The van der Waals surface area contributed by atoms with Crippen LogP contribution in [0.25, 0.3) is 11.4 Å². The predicted octanol–water partition coefficient (Wildman–Crippen LogP) is 4.15. The highest BCUT2D eigenvalue weighted by molar-refractivity contribution is 6.30. The SMILES string of the molecule is CC[C@H](C)c1ccc(NC(=O)Cn2nnc(-c3ccc(Cl)cc3)n2)cc1. The molecule has 1 amide bonds. The summed E-state index contributed by atoms with van der Waals surface area (Å²) in [6, 6.07) is 15.0. The van der Waals surface area contributed by atoms with E-state index in [4.69, 9.17) is 11.6 Å². The summed E-state index contributed by atoms with van der Waals surface area (Å²) in [5.74, 6) is 0.749. The zero-order chi connectivity index (χ0) is 18.5. The summed E-state index contributed by atoms with van der Waals surface area (Å²) in [7, 11) is 0. The third-order valence-electron chi connectivity index (χ3n) is 4.22. The molecule has 0 fully saturated rings. The fourth-order valence-corrected chi connectivity index (χ4v) is 2.61. The molecule has 0 aliphatic rings. The molecule has 6 nitrogen and oxygen atoms in total. The van der Waals surface area contributed by atoms with Crippen molar-refractivity contribution in [1.29, 1.82) is 0 Å². The minimum atomic E-state index is -0.207. The van der Waals surface area contributed by atoms with Gasteiger partial charge in [-0.2, -0.15) is 4.80 Å². The summed E-state index contributed by atoms with van der Waals surface area (Å²) in [5.41, 5.74) is 2.80. The van der Waals surface area contributed by atoms with E-state index in [-0.39, 0.29) is 12.5 Å². The number of amides is 1. The van der Waals surface area contributed by atoms with E-state index in [0.29, 0.717) is 16.8 Å². The van der Waals surface area contributed by atoms with Crippen molar-refractivity contribution in [1.82, 2.24) is 20.2 Å². The van der Waals surface area contributed by atoms with E-state index in [0.717, 1.165) is 17.7 Å². The van der Waals surface area contributed by atoms with Crippen LogP contribution >= 0.6 is 11.6 Å². The summed E-state index contributed by atoms with van der Waals surface area (Å²) < 4.78 is 0. The van der Waals surface area contributed by atoms with Crippen molar-refractivity contribution in [2.75, 3.05) is 5.32 Å². The Balaban J connectivity index is 1.61. The second-order valence-corrected chi connectivity index (χ2v) is 6.57. The van der Waals surface area contributed by atoms with Crippen LogP contribution in [0, 0.1) is 0 Å². The zero-order valence-corrected chi connectivity index (χ0v) is 15.4. The number of tetrazole rings is 1. The van der Waals surface area contributed by atoms with Crippen LogP contribution in [-0.2, 0) is 11.3 Å². The van der Waals surface area contributed by atoms with Crippen LogP contribution in [0.1, 0.15) is 31.7 Å². The first-order chi connectivity index (χ1) is 12.5. The molecule has 7 heteroatoms. The molecule has 0 bridgehead atoms. The third-order valence-corrected chi connectivity index (χ3v) is 4.47. The Morgan fingerprint density at radius 1 is 1.15 bits per heavy atom. The van der Waals surface area contributed by atoms with E-state index in [1.807, 2.05) is 36.4 Å². The van der Waals surface area contributed by atoms with Gasteiger partial charge in [-0.3, -0.25) is 4.79 Å². The molecule has 3 rings (SSSR count). The van der Waals surface area contributed by atoms with Gasteiger partial charge in [-0.25, -0.2) is 0 Å². The van der Waals surface area contributed by atoms with Crippen molar-refractivity contribution in [3.05, 3.63) is 59.1 Å². The zero-order valence-electron chi connectivity index (χ0n) is 14.7. The maximum atomic E-state index is 12.2. The third kappa shape index (κ3) is 4.46. The molecule has 2 aromatic carbocycles. The number of hydrogen-bond acceptors (Lipinski definition) is 4. The van der Waals surface area contributed by atoms with Crippen molar-refractivity contribution in [3.63, 3.8) is 0 Å². The Morgan fingerprint density at radius 2 is 1.85 bits per heavy atom. The van der Waals surface area contributed by atoms with Crippen LogP contribution in [0.15, 0.2) is 48.5 Å². The van der Waals surface area contributed by atoms with Crippen molar-refractivity contribution < 1.29 is 4.79 Å². The Bertz CT molecular complexity index is 874. The normalized spacial score (nSPS) is 12.0. The highest BCUT2D eigenvalue weighted by Gasteiger charge is 2.10. The predicted molar refractivity (Wildman–Crippen MR) is 102 cm³/mol. The smallest absolute Gasteiger partial charge is 0.248 e. The van der Waals surface area contributed by atoms with Gasteiger partial charge in [0.15, 0.2) is 0 Å². The molecule has 134 valence electrons. The molecule has 1 atom stereocenters. The van der Waals surface area contributed by atoms with Gasteiger partial charge in [0, 0.05) is 16.3 Å². The van der Waals surface area contributed by atoms with E-state index >= 15 is 0 Å². The summed E-state index contributed by atoms with van der Waals surface area (Å²) >= 11 is 5.87. The van der Waals surface area contributed by atoms with Crippen LogP contribution in [0.4, 0.5) is 5.69 Å². The number of nitrogens with one attached hydrogen (secondary N) is 1. The fourth-order valence-electron chi connectivity index (χ4n) is 2.48. The number of anilines is 1. The molecule has 0 spiro atoms. The molecule has 0 aliphatic heterocycles. The van der Waals surface area contributed by atoms with E-state index in [1.165, 1.54) is 10.4 Å². The van der Waals surface area contributed by atoms with Gasteiger partial charge >= 0.3 is 0 Å². The lowest BCUT2D eigenvalue weighted by atomic mass is 9.99. The minimum Gasteiger partial charge on any atom is -0.324 e. The van der Waals surface area contributed by atoms with Gasteiger partial charge in [0.2, 0.25) is 11.7 Å². The molecule has 0 radical (unpaired) electrons. The number of halogens is 1. The van der Waals surface area contributed by atoms with Gasteiger partial charge in [0.25, 0.3) is 0 Å². The first kappa shape index (κ1) is 18.1. The molecule has 1 N–H and O–H groups in total. The van der Waals surface area contributed by atoms with Crippen molar-refractivity contribution >= 4 is 23.2 Å². The van der Waals surface area contributed by atoms with Gasteiger partial charge in [-0.05, 0) is 59.5 Å². The summed E-state index contributed by atoms with van der Waals surface area (Å²) in [6.07, 6.45) is 1.08. The Hall–Kier alpha value is -2.73. The van der Waals surface area contributed by atoms with Crippen LogP contribution in [0.5, 0.6) is 0 Å². The van der Waals surface area contributed by atoms with E-state index in [9.17, 15) is 4.79 Å². The fraction of sp³-hybridized carbons (Fsp3) is 0.263. The van der Waals surface area contributed by atoms with Crippen LogP contribution < -0.4 is 5.32 Å². The first-order valence-electron chi connectivity index (χ1n) is 8.48. The number of aromatic nitrogens is 4. The van der Waals surface area contributed by atoms with Gasteiger partial charge in [-0.1, -0.05) is 37.6 Å². The molecule has 0 saturated heterocycles. The average molecular weight is 370 g/mol. The van der Waals surface area contributed by atoms with Crippen LogP contribution in [0.2, 0.25) is 5.02 Å². The van der Waals surface area contributed by atoms with Crippen molar-refractivity contribution in [2.45, 2.75) is 32.7 Å². The number of nitrogens with zero attached hydrogens (tertiary/aromatic N) is 4. The van der Waals surface area contributed by atoms with E-state index < -0.39 is 0 Å². The van der Waals surface area contributed by atoms with Gasteiger partial charge in [0.05, 0.1) is 0 Å². The van der Waals surface area contributed by atoms with Crippen molar-refractivity contribution in [3.8, 4) is 11.4 Å². The molecule has 3 aromatic rings. The number of rotatable bonds is 6. The maximum absolute atomic E-state index is 12.2. The van der Waals surface area contributed by atoms with E-state index in [1.54, 1.807) is 12.1 Å². The van der Waals surface area contributed by atoms with Gasteiger partial charge in [-0.15, -0.1) is 10.2 Å². The highest BCUT2D eigenvalue weighted by atomic mass is 35.5. The lowest BCUT2D eigenvalue weighted by Gasteiger charge is -2.10. The minimum absolute atomic E-state index is 0.00625. The lowest BCUT2D eigenvalue weighted by molar-refractivity contribution is -0.117. The number of benzene rings is 2. The van der Waals surface area contributed by atoms with Crippen LogP contribution in [-0.4, -0.2) is 26.1 Å². The molecule has 26 heavy (non-hydrogen) atoms. The molecule has 0 aliphatic carbocycles. The molecular weight excluding hydrogens is 350 g/mol. The first-order valence-corrected chi connectivity index (χ1v) is 8.86. The summed E-state index contributed by atoms with van der Waals surface area (Å²) in [6.45, 7) is 4.33. The number of carbonyl (C=O) groups is 1. The van der Waals surface area contributed by atoms with Crippen molar-refractivity contribution in [2.24, 2.45) is 0 Å². The second-order valence-electron chi connectivity index (χ2n) is 6.13. The van der Waals surface area contributed by atoms with Gasteiger partial charge < -0.3 is 5.32 Å². The highest BCUT2D eigenvalue weighted by Crippen LogP contribution is 2.20. The molecule has 1 heterocycles. The molecule has 0 unspecified atom stereocenters. The maximum Gasteiger partial charge on any atom is 0.248 e. The number of hydrogen-bond donors (Lipinski definition) is 1. The Kier molecular flexibility index (Phi) is 5.63. The van der Waals surface area contributed by atoms with Gasteiger partial charge in [0.1, 0.15) is 6.54 Å². The number of carbonyl (C=O) groups excluding carboxylic acids is 1. The Labute approximate surface area is 157 Å². The summed E-state index contributed by atoms with van der Waals surface area (Å²) in [4.78, 5) is 13.5. The monoisotopic (exact) mass is 369 g/mol. The molecular formula is C19H20ClN5O. The van der Waals surface area contributed by atoms with Crippen LogP contribution in [0.3, 0.4) is 0 Å². The Morgan fingerprint density at radius 3 is 2.50 bits per heavy atom. The molecule has 1 aromatic heterocycles. The standard InChI is InChI=1S/C19H20ClN5O/c1-3-13(2)14-6-10-17(11-7-14)21-18(26)12-25-23-19(22-24-25)15-4-8-16(20)9-5-15/h4-11,13H,3,12H2,1-2H3,(H,21,26)/t13-/m0/s1. The molecule has 0 saturated carbocycles. The largest absolute Gasteiger partial charge is 0.324 e. The lowest BCUT2D eigenvalue weighted by Crippen LogP contribution is -2.20.